The van der Waals surface area contributed by atoms with Gasteiger partial charge in [-0.2, -0.15) is 0 Å². The van der Waals surface area contributed by atoms with Gasteiger partial charge in [0, 0.05) is 38.8 Å². The molecule has 0 aliphatic rings. The molecule has 0 unspecified atom stereocenters. The van der Waals surface area contributed by atoms with Gasteiger partial charge < -0.3 is 9.47 Å². The average Bonchev–Trinajstić information content (AvgIpc) is 2.69. The van der Waals surface area contributed by atoms with Crippen LogP contribution >= 0.6 is 0 Å². The SMILES string of the molecule is CCCOCC[SiH2]c1ccc(-c2ccc([SiH2]CCOCCC)cn2)nc1. The molecule has 2 heterocycles. The highest BCUT2D eigenvalue weighted by Gasteiger charge is 2.03. The Morgan fingerprint density at radius 2 is 1.15 bits per heavy atom. The summed E-state index contributed by atoms with van der Waals surface area (Å²) in [6.45, 7) is 7.82. The molecule has 4 nitrogen and oxygen atoms in total. The predicted molar refractivity (Wildman–Crippen MR) is 116 cm³/mol. The molecule has 142 valence electrons. The van der Waals surface area contributed by atoms with E-state index in [4.69, 9.17) is 9.47 Å². The number of ether oxygens (including phenoxy) is 2. The van der Waals surface area contributed by atoms with Crippen molar-refractivity contribution < 1.29 is 9.47 Å². The first kappa shape index (κ1) is 21.0. The lowest BCUT2D eigenvalue weighted by molar-refractivity contribution is 0.148. The molecule has 0 bridgehead atoms. The number of aromatic nitrogens is 2. The Hall–Kier alpha value is -1.35. The summed E-state index contributed by atoms with van der Waals surface area (Å²) in [6.07, 6.45) is 6.24. The smallest absolute Gasteiger partial charge is 0.0885 e. The van der Waals surface area contributed by atoms with Crippen molar-refractivity contribution in [3.8, 4) is 11.4 Å². The molecule has 2 aromatic rings. The van der Waals surface area contributed by atoms with Crippen LogP contribution in [0.2, 0.25) is 12.1 Å². The molecule has 0 aromatic carbocycles. The van der Waals surface area contributed by atoms with E-state index in [9.17, 15) is 0 Å². The second kappa shape index (κ2) is 12.9. The number of hydrogen-bond acceptors (Lipinski definition) is 4. The second-order valence-electron chi connectivity index (χ2n) is 6.54. The maximum Gasteiger partial charge on any atom is 0.0885 e. The maximum absolute atomic E-state index is 5.56. The van der Waals surface area contributed by atoms with Crippen LogP contribution in [0.1, 0.15) is 26.7 Å². The molecule has 0 N–H and O–H groups in total. The Kier molecular flexibility index (Phi) is 10.4. The summed E-state index contributed by atoms with van der Waals surface area (Å²) in [5.74, 6) is 0. The van der Waals surface area contributed by atoms with Crippen molar-refractivity contribution in [2.45, 2.75) is 38.8 Å². The highest BCUT2D eigenvalue weighted by Crippen LogP contribution is 2.10. The van der Waals surface area contributed by atoms with Gasteiger partial charge in [-0.1, -0.05) is 26.0 Å². The van der Waals surface area contributed by atoms with Crippen LogP contribution in [0.15, 0.2) is 36.7 Å². The first-order valence-corrected chi connectivity index (χ1v) is 13.3. The fourth-order valence-electron chi connectivity index (χ4n) is 2.70. The first-order valence-electron chi connectivity index (χ1n) is 9.89. The molecular weight excluding hydrogens is 356 g/mol. The summed E-state index contributed by atoms with van der Waals surface area (Å²) in [6, 6.07) is 11.0. The normalized spacial score (nSPS) is 11.9. The van der Waals surface area contributed by atoms with Crippen molar-refractivity contribution in [2.75, 3.05) is 26.4 Å². The van der Waals surface area contributed by atoms with E-state index in [0.29, 0.717) is 0 Å². The predicted octanol–water partition coefficient (Wildman–Crippen LogP) is 1.42. The molecular formula is C20H32N2O2Si2. The number of nitrogens with zero attached hydrogens (tertiary/aromatic N) is 2. The van der Waals surface area contributed by atoms with Crippen molar-refractivity contribution in [3.63, 3.8) is 0 Å². The molecule has 0 spiro atoms. The van der Waals surface area contributed by atoms with Crippen LogP contribution in [0.3, 0.4) is 0 Å². The van der Waals surface area contributed by atoms with Gasteiger partial charge in [-0.15, -0.1) is 0 Å². The fourth-order valence-corrected chi connectivity index (χ4v) is 5.22. The molecule has 2 rings (SSSR count). The lowest BCUT2D eigenvalue weighted by Crippen LogP contribution is -2.17. The zero-order chi connectivity index (χ0) is 18.5. The Bertz CT molecular complexity index is 551. The quantitative estimate of drug-likeness (QED) is 0.385. The Balaban J connectivity index is 1.77. The summed E-state index contributed by atoms with van der Waals surface area (Å²) in [7, 11) is -0.544. The summed E-state index contributed by atoms with van der Waals surface area (Å²) >= 11 is 0. The molecule has 0 atom stereocenters. The van der Waals surface area contributed by atoms with Crippen LogP contribution in [0.4, 0.5) is 0 Å². The molecule has 6 heteroatoms. The Labute approximate surface area is 162 Å². The van der Waals surface area contributed by atoms with Gasteiger partial charge in [-0.05, 0) is 47.4 Å². The summed E-state index contributed by atoms with van der Waals surface area (Å²) in [5.41, 5.74) is 1.92. The minimum Gasteiger partial charge on any atom is -0.382 e. The maximum atomic E-state index is 5.56. The number of rotatable bonds is 13. The van der Waals surface area contributed by atoms with Crippen LogP contribution in [0.25, 0.3) is 11.4 Å². The Morgan fingerprint density at radius 3 is 1.50 bits per heavy atom. The standard InChI is InChI=1S/C20H32N2O2Si2/c1-3-9-23-11-13-25-17-5-7-19(21-15-17)20-8-6-18(16-22-20)26-14-12-24-10-4-2/h5-8,15-16H,3-4,9-14,25-26H2,1-2H3. The first-order chi connectivity index (χ1) is 12.8. The third kappa shape index (κ3) is 7.91. The van der Waals surface area contributed by atoms with E-state index in [0.717, 1.165) is 50.7 Å². The van der Waals surface area contributed by atoms with Crippen molar-refractivity contribution in [2.24, 2.45) is 0 Å². The molecule has 26 heavy (non-hydrogen) atoms. The van der Waals surface area contributed by atoms with E-state index >= 15 is 0 Å². The Morgan fingerprint density at radius 1 is 0.692 bits per heavy atom. The molecule has 0 amide bonds. The van der Waals surface area contributed by atoms with Gasteiger partial charge in [-0.3, -0.25) is 9.97 Å². The van der Waals surface area contributed by atoms with Gasteiger partial charge in [0.25, 0.3) is 0 Å². The van der Waals surface area contributed by atoms with E-state index in [2.05, 4.69) is 48.1 Å². The molecule has 0 saturated heterocycles. The van der Waals surface area contributed by atoms with E-state index < -0.39 is 0 Å². The van der Waals surface area contributed by atoms with Crippen molar-refractivity contribution in [1.82, 2.24) is 9.97 Å². The molecule has 0 radical (unpaired) electrons. The largest absolute Gasteiger partial charge is 0.382 e. The summed E-state index contributed by atoms with van der Waals surface area (Å²) < 4.78 is 11.1. The lowest BCUT2D eigenvalue weighted by Gasteiger charge is -2.05. The van der Waals surface area contributed by atoms with Gasteiger partial charge in [0.2, 0.25) is 0 Å². The topological polar surface area (TPSA) is 44.2 Å². The number of hydrogen-bond donors (Lipinski definition) is 0. The monoisotopic (exact) mass is 388 g/mol. The van der Waals surface area contributed by atoms with Crippen molar-refractivity contribution in [1.29, 1.82) is 0 Å². The van der Waals surface area contributed by atoms with Crippen molar-refractivity contribution in [3.05, 3.63) is 36.7 Å². The third-order valence-corrected chi connectivity index (χ3v) is 7.39. The highest BCUT2D eigenvalue weighted by molar-refractivity contribution is 6.53. The zero-order valence-electron chi connectivity index (χ0n) is 16.2. The summed E-state index contributed by atoms with van der Waals surface area (Å²) in [5, 5.41) is 2.79. The van der Waals surface area contributed by atoms with Crippen LogP contribution in [0.5, 0.6) is 0 Å². The average molecular weight is 389 g/mol. The number of pyridine rings is 2. The van der Waals surface area contributed by atoms with Crippen LogP contribution in [-0.2, 0) is 9.47 Å². The van der Waals surface area contributed by atoms with Gasteiger partial charge in [0.1, 0.15) is 0 Å². The van der Waals surface area contributed by atoms with E-state index in [-0.39, 0.29) is 19.0 Å². The minimum absolute atomic E-state index is 0.272. The van der Waals surface area contributed by atoms with Gasteiger partial charge in [0.05, 0.1) is 30.4 Å². The van der Waals surface area contributed by atoms with Gasteiger partial charge in [-0.25, -0.2) is 0 Å². The molecule has 0 saturated carbocycles. The lowest BCUT2D eigenvalue weighted by atomic mass is 10.2. The fraction of sp³-hybridized carbons (Fsp3) is 0.500. The van der Waals surface area contributed by atoms with Crippen LogP contribution < -0.4 is 10.4 Å². The van der Waals surface area contributed by atoms with Crippen LogP contribution in [0, 0.1) is 0 Å². The highest BCUT2D eigenvalue weighted by atomic mass is 28.2. The molecule has 0 fully saturated rings. The molecule has 0 aliphatic carbocycles. The van der Waals surface area contributed by atoms with E-state index in [1.165, 1.54) is 22.5 Å². The van der Waals surface area contributed by atoms with E-state index in [1.54, 1.807) is 0 Å². The minimum atomic E-state index is -0.272. The van der Waals surface area contributed by atoms with E-state index in [1.807, 2.05) is 12.4 Å². The molecule has 0 aliphatic heterocycles. The van der Waals surface area contributed by atoms with Gasteiger partial charge >= 0.3 is 0 Å². The summed E-state index contributed by atoms with van der Waals surface area (Å²) in [4.78, 5) is 9.22. The van der Waals surface area contributed by atoms with Crippen molar-refractivity contribution >= 4 is 29.4 Å². The molecule has 2 aromatic heterocycles. The third-order valence-electron chi connectivity index (χ3n) is 4.12. The van der Waals surface area contributed by atoms with Gasteiger partial charge in [0.15, 0.2) is 0 Å². The second-order valence-corrected chi connectivity index (χ2v) is 10.6. The van der Waals surface area contributed by atoms with Crippen LogP contribution in [-0.4, -0.2) is 55.4 Å². The zero-order valence-corrected chi connectivity index (χ0v) is 19.1.